The number of rotatable bonds is 3. The molecule has 3 aromatic rings. The number of hydrogen-bond donors (Lipinski definition) is 2. The second kappa shape index (κ2) is 5.10. The molecule has 0 amide bonds. The maximum atomic E-state index is 12.8. The number of fused-ring (bicyclic) bond motifs is 2. The highest BCUT2D eigenvalue weighted by molar-refractivity contribution is 7.93. The van der Waals surface area contributed by atoms with Gasteiger partial charge in [0.2, 0.25) is 0 Å². The molecule has 0 aliphatic carbocycles. The van der Waals surface area contributed by atoms with Gasteiger partial charge < -0.3 is 9.73 Å². The largest absolute Gasteiger partial charge is 0.463 e. The number of anilines is 1. The summed E-state index contributed by atoms with van der Waals surface area (Å²) in [5.74, 6) is 0.396. The number of aromatic nitrogens is 2. The van der Waals surface area contributed by atoms with Crippen molar-refractivity contribution in [3.05, 3.63) is 41.8 Å². The Hall–Kier alpha value is -2.32. The Morgan fingerprint density at radius 3 is 3.09 bits per heavy atom. The summed E-state index contributed by atoms with van der Waals surface area (Å²) in [6, 6.07) is 6.78. The third-order valence-corrected chi connectivity index (χ3v) is 5.45. The minimum Gasteiger partial charge on any atom is -0.463 e. The van der Waals surface area contributed by atoms with E-state index in [0.29, 0.717) is 17.9 Å². The van der Waals surface area contributed by atoms with Crippen molar-refractivity contribution < 1.29 is 12.8 Å². The normalized spacial score (nSPS) is 14.8. The van der Waals surface area contributed by atoms with Crippen molar-refractivity contribution in [2.75, 3.05) is 11.3 Å². The molecular formula is C15H16N4O3S. The molecule has 1 aromatic carbocycles. The Kier molecular flexibility index (Phi) is 3.17. The zero-order valence-electron chi connectivity index (χ0n) is 12.5. The number of nitrogens with one attached hydrogen (secondary N) is 2. The molecule has 0 unspecified atom stereocenters. The summed E-state index contributed by atoms with van der Waals surface area (Å²) < 4.78 is 35.2. The molecule has 0 bridgehead atoms. The van der Waals surface area contributed by atoms with E-state index >= 15 is 0 Å². The molecule has 2 aromatic heterocycles. The van der Waals surface area contributed by atoms with E-state index in [-0.39, 0.29) is 4.90 Å². The molecule has 4 rings (SSSR count). The van der Waals surface area contributed by atoms with E-state index in [4.69, 9.17) is 4.42 Å². The molecule has 0 radical (unpaired) electrons. The lowest BCUT2D eigenvalue weighted by atomic mass is 10.1. The zero-order chi connectivity index (χ0) is 16.0. The summed E-state index contributed by atoms with van der Waals surface area (Å²) in [5, 5.41) is 8.33. The Bertz CT molecular complexity index is 987. The van der Waals surface area contributed by atoms with Gasteiger partial charge in [-0.25, -0.2) is 8.42 Å². The highest BCUT2D eigenvalue weighted by Crippen LogP contribution is 2.28. The van der Waals surface area contributed by atoms with Crippen LogP contribution in [0, 0.1) is 0 Å². The molecule has 120 valence electrons. The maximum absolute atomic E-state index is 12.8. The van der Waals surface area contributed by atoms with Crippen LogP contribution in [0.3, 0.4) is 0 Å². The number of aryl methyl sites for hydroxylation is 1. The van der Waals surface area contributed by atoms with Crippen LogP contribution in [0.25, 0.3) is 11.0 Å². The lowest BCUT2D eigenvalue weighted by Crippen LogP contribution is -2.25. The van der Waals surface area contributed by atoms with Gasteiger partial charge in [-0.2, -0.15) is 5.10 Å². The second-order valence-corrected chi connectivity index (χ2v) is 7.18. The predicted octanol–water partition coefficient (Wildman–Crippen LogP) is 1.61. The average molecular weight is 332 g/mol. The average Bonchev–Trinajstić information content (AvgIpc) is 3.12. The second-order valence-electron chi connectivity index (χ2n) is 5.52. The van der Waals surface area contributed by atoms with E-state index in [1.807, 2.05) is 13.1 Å². The highest BCUT2D eigenvalue weighted by atomic mass is 32.2. The molecule has 2 N–H and O–H groups in total. The van der Waals surface area contributed by atoms with Gasteiger partial charge in [0.15, 0.2) is 11.4 Å². The van der Waals surface area contributed by atoms with Gasteiger partial charge in [0.25, 0.3) is 10.0 Å². The number of benzene rings is 1. The van der Waals surface area contributed by atoms with Gasteiger partial charge >= 0.3 is 0 Å². The van der Waals surface area contributed by atoms with Gasteiger partial charge in [0.05, 0.1) is 12.0 Å². The molecule has 23 heavy (non-hydrogen) atoms. The van der Waals surface area contributed by atoms with Crippen LogP contribution in [-0.4, -0.2) is 24.7 Å². The Morgan fingerprint density at radius 2 is 2.22 bits per heavy atom. The summed E-state index contributed by atoms with van der Waals surface area (Å²) in [6.45, 7) is 1.50. The fraction of sp³-hybridized carbons (Fsp3) is 0.267. The summed E-state index contributed by atoms with van der Waals surface area (Å²) in [4.78, 5) is 0.119. The first-order valence-electron chi connectivity index (χ1n) is 7.31. The Morgan fingerprint density at radius 1 is 1.35 bits per heavy atom. The highest BCUT2D eigenvalue weighted by Gasteiger charge is 2.25. The van der Waals surface area contributed by atoms with Gasteiger partial charge in [0, 0.05) is 24.5 Å². The zero-order valence-corrected chi connectivity index (χ0v) is 13.4. The lowest BCUT2D eigenvalue weighted by molar-refractivity contribution is 0.588. The number of hydrogen-bond acceptors (Lipinski definition) is 5. The minimum absolute atomic E-state index is 0.119. The number of furan rings is 1. The van der Waals surface area contributed by atoms with Crippen LogP contribution in [0.15, 0.2) is 39.8 Å². The summed E-state index contributed by atoms with van der Waals surface area (Å²) in [7, 11) is -1.95. The molecular weight excluding hydrogens is 316 g/mol. The molecule has 7 nitrogen and oxygen atoms in total. The van der Waals surface area contributed by atoms with Gasteiger partial charge in [0.1, 0.15) is 4.90 Å². The summed E-state index contributed by atoms with van der Waals surface area (Å²) in [6.07, 6.45) is 2.23. The van der Waals surface area contributed by atoms with E-state index in [2.05, 4.69) is 15.1 Å². The quantitative estimate of drug-likeness (QED) is 0.761. The third-order valence-electron chi connectivity index (χ3n) is 4.08. The van der Waals surface area contributed by atoms with Crippen molar-refractivity contribution in [1.82, 2.24) is 15.1 Å². The number of para-hydroxylation sites is 1. The molecule has 8 heteroatoms. The molecule has 0 saturated carbocycles. The first-order chi connectivity index (χ1) is 11.1. The number of sulfonamides is 1. The van der Waals surface area contributed by atoms with E-state index in [1.54, 1.807) is 16.8 Å². The summed E-state index contributed by atoms with van der Waals surface area (Å²) >= 11 is 0. The smallest absolute Gasteiger partial charge is 0.266 e. The molecule has 1 aliphatic heterocycles. The molecule has 3 heterocycles. The monoisotopic (exact) mass is 332 g/mol. The third kappa shape index (κ3) is 2.30. The summed E-state index contributed by atoms with van der Waals surface area (Å²) in [5.41, 5.74) is 2.30. The van der Waals surface area contributed by atoms with Crippen molar-refractivity contribution in [3.63, 3.8) is 0 Å². The van der Waals surface area contributed by atoms with Gasteiger partial charge in [-0.05, 0) is 25.1 Å². The molecule has 1 aliphatic rings. The minimum atomic E-state index is -3.77. The van der Waals surface area contributed by atoms with Gasteiger partial charge in [-0.1, -0.05) is 12.1 Å². The molecule has 0 fully saturated rings. The lowest BCUT2D eigenvalue weighted by Gasteiger charge is -2.14. The van der Waals surface area contributed by atoms with Gasteiger partial charge in [-0.15, -0.1) is 0 Å². The fourth-order valence-electron chi connectivity index (χ4n) is 2.95. The van der Waals surface area contributed by atoms with E-state index in [1.165, 1.54) is 12.3 Å². The van der Waals surface area contributed by atoms with Crippen molar-refractivity contribution >= 4 is 26.8 Å². The van der Waals surface area contributed by atoms with E-state index < -0.39 is 10.0 Å². The maximum Gasteiger partial charge on any atom is 0.266 e. The van der Waals surface area contributed by atoms with Crippen LogP contribution in [0.4, 0.5) is 5.82 Å². The SMILES string of the molecule is Cn1nc(NS(=O)(=O)c2cccc3ccoc23)c2c1CNCC2. The Balaban J connectivity index is 1.78. The van der Waals surface area contributed by atoms with Crippen LogP contribution in [0.5, 0.6) is 0 Å². The van der Waals surface area contributed by atoms with Crippen LogP contribution in [0.2, 0.25) is 0 Å². The van der Waals surface area contributed by atoms with Crippen molar-refractivity contribution in [3.8, 4) is 0 Å². The van der Waals surface area contributed by atoms with E-state index in [0.717, 1.165) is 29.6 Å². The fourth-order valence-corrected chi connectivity index (χ4v) is 4.14. The van der Waals surface area contributed by atoms with Crippen molar-refractivity contribution in [1.29, 1.82) is 0 Å². The van der Waals surface area contributed by atoms with E-state index in [9.17, 15) is 8.42 Å². The standard InChI is InChI=1S/C15H16N4O3S/c1-19-12-9-16-7-5-11(12)15(17-19)18-23(20,21)13-4-2-3-10-6-8-22-14(10)13/h2-4,6,8,16H,5,7,9H2,1H3,(H,17,18). The van der Waals surface area contributed by atoms with Crippen LogP contribution >= 0.6 is 0 Å². The van der Waals surface area contributed by atoms with Crippen LogP contribution < -0.4 is 10.0 Å². The first kappa shape index (κ1) is 14.3. The van der Waals surface area contributed by atoms with Crippen molar-refractivity contribution in [2.24, 2.45) is 7.05 Å². The first-order valence-corrected chi connectivity index (χ1v) is 8.79. The van der Waals surface area contributed by atoms with Crippen molar-refractivity contribution in [2.45, 2.75) is 17.9 Å². The molecule has 0 spiro atoms. The topological polar surface area (TPSA) is 89.2 Å². The molecule has 0 atom stereocenters. The van der Waals surface area contributed by atoms with Crippen LogP contribution in [-0.2, 0) is 30.0 Å². The van der Waals surface area contributed by atoms with Crippen LogP contribution in [0.1, 0.15) is 11.3 Å². The molecule has 0 saturated heterocycles. The van der Waals surface area contributed by atoms with Gasteiger partial charge in [-0.3, -0.25) is 9.40 Å². The number of nitrogens with zero attached hydrogens (tertiary/aromatic N) is 2. The predicted molar refractivity (Wildman–Crippen MR) is 85.6 cm³/mol. The Labute approximate surface area is 133 Å².